The van der Waals surface area contributed by atoms with Crippen LogP contribution >= 0.6 is 0 Å². The molecule has 0 unspecified atom stereocenters. The second-order valence-corrected chi connectivity index (χ2v) is 4.15. The van der Waals surface area contributed by atoms with Crippen LogP contribution in [0.2, 0.25) is 0 Å². The van der Waals surface area contributed by atoms with Crippen molar-refractivity contribution >= 4 is 17.8 Å². The molecule has 18 heavy (non-hydrogen) atoms. The van der Waals surface area contributed by atoms with E-state index in [9.17, 15) is 14.4 Å². The number of ether oxygens (including phenoxy) is 1. The Bertz CT molecular complexity index is 483. The molecule has 1 fully saturated rings. The Kier molecular flexibility index (Phi) is 3.41. The van der Waals surface area contributed by atoms with Gasteiger partial charge in [0, 0.05) is 0 Å². The molecular weight excluding hydrogens is 234 g/mol. The third kappa shape index (κ3) is 2.40. The minimum absolute atomic E-state index is 0.131. The minimum Gasteiger partial charge on any atom is -0.446 e. The second-order valence-electron chi connectivity index (χ2n) is 4.15. The van der Waals surface area contributed by atoms with Gasteiger partial charge in [-0.3, -0.25) is 9.59 Å². The quantitative estimate of drug-likeness (QED) is 0.762. The highest BCUT2D eigenvalue weighted by Gasteiger charge is 2.38. The van der Waals surface area contributed by atoms with Crippen LogP contribution in [0.25, 0.3) is 0 Å². The molecule has 2 amide bonds. The Balaban J connectivity index is 2.23. The van der Waals surface area contributed by atoms with Crippen molar-refractivity contribution < 1.29 is 19.1 Å². The zero-order chi connectivity index (χ0) is 13.1. The zero-order valence-corrected chi connectivity index (χ0v) is 9.96. The van der Waals surface area contributed by atoms with Crippen LogP contribution in [0, 0.1) is 0 Å². The molecule has 0 spiro atoms. The molecule has 1 aromatic carbocycles. The van der Waals surface area contributed by atoms with Gasteiger partial charge in [0.2, 0.25) is 5.91 Å². The number of benzene rings is 1. The van der Waals surface area contributed by atoms with Crippen LogP contribution in [-0.4, -0.2) is 29.3 Å². The molecule has 1 aromatic rings. The molecule has 5 nitrogen and oxygen atoms in total. The summed E-state index contributed by atoms with van der Waals surface area (Å²) in [7, 11) is 0. The number of amides is 2. The van der Waals surface area contributed by atoms with Gasteiger partial charge in [-0.1, -0.05) is 30.3 Å². The van der Waals surface area contributed by atoms with Gasteiger partial charge in [0.05, 0.1) is 6.42 Å². The molecule has 1 heterocycles. The standard InChI is InChI=1S/C13H13NO4/c1-9(15)7-12(16)14-11(8-18-13(14)17)10-5-3-2-4-6-10/h2-6,11H,7-8H2,1H3/t11-/m0/s1. The van der Waals surface area contributed by atoms with E-state index in [-0.39, 0.29) is 18.8 Å². The highest BCUT2D eigenvalue weighted by molar-refractivity contribution is 6.03. The monoisotopic (exact) mass is 247 g/mol. The molecule has 1 atom stereocenters. The molecular formula is C13H13NO4. The summed E-state index contributed by atoms with van der Waals surface area (Å²) in [6.45, 7) is 1.45. The highest BCUT2D eigenvalue weighted by Crippen LogP contribution is 2.28. The van der Waals surface area contributed by atoms with Gasteiger partial charge in [0.15, 0.2) is 0 Å². The highest BCUT2D eigenvalue weighted by atomic mass is 16.6. The van der Waals surface area contributed by atoms with Gasteiger partial charge < -0.3 is 4.74 Å². The number of carbonyl (C=O) groups excluding carboxylic acids is 3. The van der Waals surface area contributed by atoms with Gasteiger partial charge >= 0.3 is 6.09 Å². The number of ketones is 1. The third-order valence-corrected chi connectivity index (χ3v) is 2.73. The van der Waals surface area contributed by atoms with Crippen molar-refractivity contribution in [3.63, 3.8) is 0 Å². The first-order valence-corrected chi connectivity index (χ1v) is 5.63. The maximum absolute atomic E-state index is 11.9. The van der Waals surface area contributed by atoms with E-state index >= 15 is 0 Å². The largest absolute Gasteiger partial charge is 0.446 e. The van der Waals surface area contributed by atoms with Crippen molar-refractivity contribution in [2.75, 3.05) is 6.61 Å². The lowest BCUT2D eigenvalue weighted by atomic mass is 10.1. The van der Waals surface area contributed by atoms with E-state index in [1.165, 1.54) is 6.92 Å². The molecule has 0 saturated carbocycles. The number of imide groups is 1. The summed E-state index contributed by atoms with van der Waals surface area (Å²) in [5.41, 5.74) is 0.820. The number of rotatable bonds is 3. The molecule has 1 aliphatic heterocycles. The van der Waals surface area contributed by atoms with Crippen LogP contribution in [-0.2, 0) is 14.3 Å². The van der Waals surface area contributed by atoms with Crippen molar-refractivity contribution in [2.24, 2.45) is 0 Å². The Hall–Kier alpha value is -2.17. The first kappa shape index (κ1) is 12.3. The van der Waals surface area contributed by atoms with Gasteiger partial charge in [0.1, 0.15) is 18.4 Å². The SMILES string of the molecule is CC(=O)CC(=O)N1C(=O)OC[C@H]1c1ccccc1. The Morgan fingerprint density at radius 2 is 2.00 bits per heavy atom. The first-order chi connectivity index (χ1) is 8.59. The number of hydrogen-bond acceptors (Lipinski definition) is 4. The van der Waals surface area contributed by atoms with Gasteiger partial charge in [-0.05, 0) is 12.5 Å². The molecule has 0 aromatic heterocycles. The molecule has 5 heteroatoms. The van der Waals surface area contributed by atoms with E-state index in [1.807, 2.05) is 30.3 Å². The van der Waals surface area contributed by atoms with Crippen LogP contribution in [0.15, 0.2) is 30.3 Å². The first-order valence-electron chi connectivity index (χ1n) is 5.63. The number of Topliss-reactive ketones (excluding diaryl/α,β-unsaturated/α-hetero) is 1. The van der Waals surface area contributed by atoms with Gasteiger partial charge in [-0.25, -0.2) is 9.69 Å². The molecule has 1 aliphatic rings. The molecule has 2 rings (SSSR count). The van der Waals surface area contributed by atoms with Gasteiger partial charge in [-0.2, -0.15) is 0 Å². The maximum Gasteiger partial charge on any atom is 0.417 e. The molecule has 0 aliphatic carbocycles. The van der Waals surface area contributed by atoms with E-state index in [4.69, 9.17) is 4.74 Å². The van der Waals surface area contributed by atoms with Crippen LogP contribution in [0.4, 0.5) is 4.79 Å². The van der Waals surface area contributed by atoms with Crippen molar-refractivity contribution in [1.82, 2.24) is 4.90 Å². The summed E-state index contributed by atoms with van der Waals surface area (Å²) in [5.74, 6) is -0.787. The summed E-state index contributed by atoms with van der Waals surface area (Å²) >= 11 is 0. The fourth-order valence-corrected chi connectivity index (χ4v) is 1.92. The second kappa shape index (κ2) is 5.00. The minimum atomic E-state index is -0.685. The number of cyclic esters (lactones) is 1. The van der Waals surface area contributed by atoms with Gasteiger partial charge in [0.25, 0.3) is 0 Å². The molecule has 94 valence electrons. The summed E-state index contributed by atoms with van der Waals surface area (Å²) < 4.78 is 4.89. The van der Waals surface area contributed by atoms with Crippen molar-refractivity contribution in [3.05, 3.63) is 35.9 Å². The lowest BCUT2D eigenvalue weighted by molar-refractivity contribution is -0.133. The smallest absolute Gasteiger partial charge is 0.417 e. The number of nitrogens with zero attached hydrogens (tertiary/aromatic N) is 1. The molecule has 1 saturated heterocycles. The van der Waals surface area contributed by atoms with Crippen LogP contribution in [0.1, 0.15) is 24.9 Å². The van der Waals surface area contributed by atoms with Crippen molar-refractivity contribution in [3.8, 4) is 0 Å². The fraction of sp³-hybridized carbons (Fsp3) is 0.308. The Morgan fingerprint density at radius 3 is 2.61 bits per heavy atom. The van der Waals surface area contributed by atoms with Crippen molar-refractivity contribution in [1.29, 1.82) is 0 Å². The average molecular weight is 247 g/mol. The Morgan fingerprint density at radius 1 is 1.33 bits per heavy atom. The number of carbonyl (C=O) groups is 3. The summed E-state index contributed by atoms with van der Waals surface area (Å²) in [5, 5.41) is 0. The zero-order valence-electron chi connectivity index (χ0n) is 9.96. The third-order valence-electron chi connectivity index (χ3n) is 2.73. The average Bonchev–Trinajstić information content (AvgIpc) is 2.71. The Labute approximate surface area is 104 Å². The molecule has 0 N–H and O–H groups in total. The number of hydrogen-bond donors (Lipinski definition) is 0. The van der Waals surface area contributed by atoms with Crippen molar-refractivity contribution in [2.45, 2.75) is 19.4 Å². The maximum atomic E-state index is 11.9. The molecule has 0 bridgehead atoms. The summed E-state index contributed by atoms with van der Waals surface area (Å²) in [6, 6.07) is 8.70. The van der Waals surface area contributed by atoms with E-state index < -0.39 is 18.0 Å². The van der Waals surface area contributed by atoms with E-state index in [1.54, 1.807) is 0 Å². The summed E-state index contributed by atoms with van der Waals surface area (Å²) in [4.78, 5) is 35.4. The van der Waals surface area contributed by atoms with Crippen LogP contribution in [0.5, 0.6) is 0 Å². The lowest BCUT2D eigenvalue weighted by Gasteiger charge is -2.19. The molecule has 0 radical (unpaired) electrons. The van der Waals surface area contributed by atoms with E-state index in [0.717, 1.165) is 10.5 Å². The predicted octanol–water partition coefficient (Wildman–Crippen LogP) is 1.69. The topological polar surface area (TPSA) is 63.7 Å². The lowest BCUT2D eigenvalue weighted by Crippen LogP contribution is -2.35. The van der Waals surface area contributed by atoms with Gasteiger partial charge in [-0.15, -0.1) is 0 Å². The van der Waals surface area contributed by atoms with Crippen LogP contribution < -0.4 is 0 Å². The van der Waals surface area contributed by atoms with Crippen LogP contribution in [0.3, 0.4) is 0 Å². The summed E-state index contributed by atoms with van der Waals surface area (Å²) in [6.07, 6.45) is -0.964. The van der Waals surface area contributed by atoms with E-state index in [0.29, 0.717) is 0 Å². The predicted molar refractivity (Wildman–Crippen MR) is 62.7 cm³/mol. The van der Waals surface area contributed by atoms with E-state index in [2.05, 4.69) is 0 Å². The fourth-order valence-electron chi connectivity index (χ4n) is 1.92. The normalized spacial score (nSPS) is 18.6.